The number of carbonyl (C=O) groups excluding carboxylic acids is 1. The Hall–Kier alpha value is -1.92. The number of hydrogen-bond acceptors (Lipinski definition) is 4. The number of nitrogens with one attached hydrogen (secondary N) is 1. The van der Waals surface area contributed by atoms with Gasteiger partial charge in [-0.1, -0.05) is 23.8 Å². The fourth-order valence-electron chi connectivity index (χ4n) is 2.11. The Morgan fingerprint density at radius 3 is 2.85 bits per heavy atom. The summed E-state index contributed by atoms with van der Waals surface area (Å²) in [6, 6.07) is 3.61. The summed E-state index contributed by atoms with van der Waals surface area (Å²) in [6.07, 6.45) is 4.17. The maximum Gasteiger partial charge on any atom is 0.282 e. The topological polar surface area (TPSA) is 92.5 Å². The standard InChI is InChI=1S/C13H13ClN2O4/c14-9-2-4-12(16(19)20)11(6-9)13(18)15-10-3-1-8(5-10)7-17/h1-4,6,8,10,17H,5,7H2,(H,15,18)/t8-,10+/m0/s1. The van der Waals surface area contributed by atoms with Crippen LogP contribution in [-0.2, 0) is 0 Å². The van der Waals surface area contributed by atoms with E-state index in [0.29, 0.717) is 6.42 Å². The second-order valence-corrected chi connectivity index (χ2v) is 5.00. The molecule has 1 aliphatic carbocycles. The molecule has 0 spiro atoms. The van der Waals surface area contributed by atoms with E-state index < -0.39 is 10.8 Å². The van der Waals surface area contributed by atoms with Crippen LogP contribution in [0.1, 0.15) is 16.8 Å². The third kappa shape index (κ3) is 3.15. The van der Waals surface area contributed by atoms with Gasteiger partial charge in [-0.15, -0.1) is 0 Å². The normalized spacial score (nSPS) is 20.9. The Kier molecular flexibility index (Phi) is 4.36. The molecule has 106 valence electrons. The van der Waals surface area contributed by atoms with Crippen LogP contribution in [0.3, 0.4) is 0 Å². The van der Waals surface area contributed by atoms with Crippen molar-refractivity contribution in [1.29, 1.82) is 0 Å². The first-order valence-electron chi connectivity index (χ1n) is 6.05. The molecule has 6 nitrogen and oxygen atoms in total. The molecule has 2 atom stereocenters. The molecule has 0 radical (unpaired) electrons. The van der Waals surface area contributed by atoms with Crippen molar-refractivity contribution in [1.82, 2.24) is 5.32 Å². The summed E-state index contributed by atoms with van der Waals surface area (Å²) in [5, 5.41) is 22.9. The van der Waals surface area contributed by atoms with Gasteiger partial charge in [0.25, 0.3) is 11.6 Å². The van der Waals surface area contributed by atoms with Crippen molar-refractivity contribution < 1.29 is 14.8 Å². The van der Waals surface area contributed by atoms with E-state index in [1.54, 1.807) is 6.08 Å². The monoisotopic (exact) mass is 296 g/mol. The van der Waals surface area contributed by atoms with Crippen molar-refractivity contribution in [3.63, 3.8) is 0 Å². The van der Waals surface area contributed by atoms with Gasteiger partial charge in [0, 0.05) is 29.7 Å². The van der Waals surface area contributed by atoms with E-state index in [4.69, 9.17) is 16.7 Å². The Labute approximate surface area is 120 Å². The van der Waals surface area contributed by atoms with Crippen LogP contribution in [0.5, 0.6) is 0 Å². The van der Waals surface area contributed by atoms with Crippen LogP contribution < -0.4 is 5.32 Å². The molecule has 0 heterocycles. The van der Waals surface area contributed by atoms with Gasteiger partial charge in [0.2, 0.25) is 0 Å². The molecule has 1 aliphatic rings. The quantitative estimate of drug-likeness (QED) is 0.504. The van der Waals surface area contributed by atoms with Gasteiger partial charge < -0.3 is 10.4 Å². The van der Waals surface area contributed by atoms with Crippen LogP contribution >= 0.6 is 11.6 Å². The lowest BCUT2D eigenvalue weighted by Gasteiger charge is -2.13. The Bertz CT molecular complexity index is 573. The molecule has 0 bridgehead atoms. The van der Waals surface area contributed by atoms with E-state index >= 15 is 0 Å². The number of hydrogen-bond donors (Lipinski definition) is 2. The van der Waals surface area contributed by atoms with E-state index in [1.807, 2.05) is 6.08 Å². The van der Waals surface area contributed by atoms with Crippen LogP contribution in [0.4, 0.5) is 5.69 Å². The number of nitrogens with zero attached hydrogens (tertiary/aromatic N) is 1. The minimum Gasteiger partial charge on any atom is -0.396 e. The molecule has 7 heteroatoms. The Morgan fingerprint density at radius 2 is 2.25 bits per heavy atom. The summed E-state index contributed by atoms with van der Waals surface area (Å²) in [6.45, 7) is 0.0141. The van der Waals surface area contributed by atoms with Crippen LogP contribution in [0.25, 0.3) is 0 Å². The number of halogens is 1. The zero-order valence-electron chi connectivity index (χ0n) is 10.5. The van der Waals surface area contributed by atoms with E-state index in [-0.39, 0.29) is 34.8 Å². The fourth-order valence-corrected chi connectivity index (χ4v) is 2.28. The van der Waals surface area contributed by atoms with Gasteiger partial charge >= 0.3 is 0 Å². The minimum absolute atomic E-state index is 0.00893. The molecule has 2 rings (SSSR count). The highest BCUT2D eigenvalue weighted by Crippen LogP contribution is 2.24. The van der Waals surface area contributed by atoms with Gasteiger partial charge in [0.1, 0.15) is 5.56 Å². The molecule has 1 aromatic rings. The zero-order chi connectivity index (χ0) is 14.7. The first-order valence-corrected chi connectivity index (χ1v) is 6.43. The number of nitro benzene ring substituents is 1. The highest BCUT2D eigenvalue weighted by molar-refractivity contribution is 6.31. The molecule has 0 aromatic heterocycles. The largest absolute Gasteiger partial charge is 0.396 e. The van der Waals surface area contributed by atoms with Gasteiger partial charge in [0.15, 0.2) is 0 Å². The maximum absolute atomic E-state index is 12.1. The molecule has 1 amide bonds. The number of nitro groups is 1. The molecule has 20 heavy (non-hydrogen) atoms. The average Bonchev–Trinajstić information content (AvgIpc) is 2.85. The van der Waals surface area contributed by atoms with Crippen molar-refractivity contribution in [2.75, 3.05) is 6.61 Å². The predicted molar refractivity (Wildman–Crippen MR) is 73.7 cm³/mol. The number of aliphatic hydroxyl groups excluding tert-OH is 1. The van der Waals surface area contributed by atoms with Crippen LogP contribution in [0.15, 0.2) is 30.4 Å². The van der Waals surface area contributed by atoms with E-state index in [9.17, 15) is 14.9 Å². The first kappa shape index (κ1) is 14.5. The van der Waals surface area contributed by atoms with Gasteiger partial charge in [0.05, 0.1) is 4.92 Å². The van der Waals surface area contributed by atoms with Crippen LogP contribution in [0.2, 0.25) is 5.02 Å². The zero-order valence-corrected chi connectivity index (χ0v) is 11.2. The third-order valence-corrected chi connectivity index (χ3v) is 3.36. The number of rotatable bonds is 4. The fraction of sp³-hybridized carbons (Fsp3) is 0.308. The maximum atomic E-state index is 12.1. The SMILES string of the molecule is O=C(N[C@@H]1C=C[C@H](CO)C1)c1cc(Cl)ccc1[N+](=O)[O-]. The lowest BCUT2D eigenvalue weighted by atomic mass is 10.1. The van der Waals surface area contributed by atoms with Crippen molar-refractivity contribution in [3.05, 3.63) is 51.1 Å². The number of amides is 1. The summed E-state index contributed by atoms with van der Waals surface area (Å²) in [7, 11) is 0. The van der Waals surface area contributed by atoms with Crippen LogP contribution in [-0.4, -0.2) is 28.6 Å². The molecular weight excluding hydrogens is 284 g/mol. The first-order chi connectivity index (χ1) is 9.51. The smallest absolute Gasteiger partial charge is 0.282 e. The van der Waals surface area contributed by atoms with E-state index in [0.717, 1.165) is 0 Å². The molecule has 1 aromatic carbocycles. The van der Waals surface area contributed by atoms with Gasteiger partial charge in [-0.2, -0.15) is 0 Å². The Balaban J connectivity index is 2.15. The number of aliphatic hydroxyl groups is 1. The van der Waals surface area contributed by atoms with E-state index in [1.165, 1.54) is 18.2 Å². The van der Waals surface area contributed by atoms with Crippen molar-refractivity contribution >= 4 is 23.2 Å². The van der Waals surface area contributed by atoms with Gasteiger partial charge in [-0.25, -0.2) is 0 Å². The highest BCUT2D eigenvalue weighted by Gasteiger charge is 2.24. The molecule has 2 N–H and O–H groups in total. The van der Waals surface area contributed by atoms with Gasteiger partial charge in [-0.3, -0.25) is 14.9 Å². The van der Waals surface area contributed by atoms with E-state index in [2.05, 4.69) is 5.32 Å². The molecule has 0 saturated heterocycles. The summed E-state index contributed by atoms with van der Waals surface area (Å²) in [5.41, 5.74) is -0.351. The second kappa shape index (κ2) is 6.02. The second-order valence-electron chi connectivity index (χ2n) is 4.56. The lowest BCUT2D eigenvalue weighted by molar-refractivity contribution is -0.385. The summed E-state index contributed by atoms with van der Waals surface area (Å²) in [5.74, 6) is -0.540. The van der Waals surface area contributed by atoms with Crippen molar-refractivity contribution in [2.24, 2.45) is 5.92 Å². The average molecular weight is 297 g/mol. The molecule has 0 aliphatic heterocycles. The predicted octanol–water partition coefficient (Wildman–Crippen LogP) is 1.91. The van der Waals surface area contributed by atoms with Crippen LogP contribution in [0, 0.1) is 16.0 Å². The van der Waals surface area contributed by atoms with Gasteiger partial charge in [-0.05, 0) is 18.6 Å². The number of benzene rings is 1. The van der Waals surface area contributed by atoms with Crippen molar-refractivity contribution in [2.45, 2.75) is 12.5 Å². The highest BCUT2D eigenvalue weighted by atomic mass is 35.5. The number of carbonyl (C=O) groups is 1. The Morgan fingerprint density at radius 1 is 1.50 bits per heavy atom. The minimum atomic E-state index is -0.619. The molecular formula is C13H13ClN2O4. The lowest BCUT2D eigenvalue weighted by Crippen LogP contribution is -2.33. The summed E-state index contributed by atoms with van der Waals surface area (Å²) in [4.78, 5) is 22.4. The summed E-state index contributed by atoms with van der Waals surface area (Å²) >= 11 is 5.78. The molecule has 0 fully saturated rings. The summed E-state index contributed by atoms with van der Waals surface area (Å²) < 4.78 is 0. The molecule has 0 unspecified atom stereocenters. The molecule has 0 saturated carbocycles. The van der Waals surface area contributed by atoms with Crippen molar-refractivity contribution in [3.8, 4) is 0 Å². The third-order valence-electron chi connectivity index (χ3n) is 3.12.